The van der Waals surface area contributed by atoms with Crippen molar-refractivity contribution in [1.29, 1.82) is 0 Å². The molecule has 2 aliphatic rings. The van der Waals surface area contributed by atoms with E-state index in [0.717, 1.165) is 28.7 Å². The molecule has 0 bridgehead atoms. The van der Waals surface area contributed by atoms with Crippen LogP contribution < -0.4 is 9.80 Å². The van der Waals surface area contributed by atoms with Crippen LogP contribution in [0.1, 0.15) is 15.9 Å². The van der Waals surface area contributed by atoms with Gasteiger partial charge in [0.15, 0.2) is 0 Å². The largest absolute Gasteiger partial charge is 0.417 e. The molecule has 0 N–H and O–H groups in total. The summed E-state index contributed by atoms with van der Waals surface area (Å²) in [7, 11) is 0. The van der Waals surface area contributed by atoms with Crippen molar-refractivity contribution in [3.05, 3.63) is 64.8 Å². The zero-order valence-corrected chi connectivity index (χ0v) is 17.1. The molecular weight excluding hydrogens is 429 g/mol. The first-order chi connectivity index (χ1) is 14.8. The van der Waals surface area contributed by atoms with Gasteiger partial charge in [-0.05, 0) is 23.6 Å². The molecule has 0 spiro atoms. The fourth-order valence-corrected chi connectivity index (χ4v) is 4.52. The van der Waals surface area contributed by atoms with E-state index in [9.17, 15) is 18.0 Å². The maximum atomic E-state index is 13.0. The number of alkyl halides is 3. The second-order valence-corrected chi connectivity index (χ2v) is 8.09. The summed E-state index contributed by atoms with van der Waals surface area (Å²) in [6, 6.07) is 12.6. The lowest BCUT2D eigenvalue weighted by atomic mass is 10.1. The molecule has 0 aliphatic carbocycles. The van der Waals surface area contributed by atoms with Crippen molar-refractivity contribution >= 4 is 39.8 Å². The van der Waals surface area contributed by atoms with E-state index < -0.39 is 11.7 Å². The molecule has 5 rings (SSSR count). The Hall–Kier alpha value is -2.84. The standard InChI is InChI=1S/C22H18ClF3N4O/c23-17-11-15(22(24,25)26)12-27-20(17)29-9-7-28(8-10-29)13-30-18-6-2-4-14-3-1-5-16(19(14)18)21(30)31/h1-6,11-12H,7-10,13H2. The number of pyridine rings is 1. The van der Waals surface area contributed by atoms with Gasteiger partial charge < -0.3 is 4.90 Å². The van der Waals surface area contributed by atoms with Crippen molar-refractivity contribution in [3.8, 4) is 0 Å². The molecule has 2 aromatic carbocycles. The smallest absolute Gasteiger partial charge is 0.353 e. The van der Waals surface area contributed by atoms with E-state index in [4.69, 9.17) is 11.6 Å². The number of anilines is 2. The molecule has 0 unspecified atom stereocenters. The summed E-state index contributed by atoms with van der Waals surface area (Å²) < 4.78 is 38.5. The van der Waals surface area contributed by atoms with Gasteiger partial charge in [-0.15, -0.1) is 0 Å². The van der Waals surface area contributed by atoms with Crippen molar-refractivity contribution < 1.29 is 18.0 Å². The van der Waals surface area contributed by atoms with Crippen LogP contribution >= 0.6 is 11.6 Å². The van der Waals surface area contributed by atoms with Crippen LogP contribution in [0.5, 0.6) is 0 Å². The van der Waals surface area contributed by atoms with Gasteiger partial charge in [-0.1, -0.05) is 35.9 Å². The van der Waals surface area contributed by atoms with Crippen molar-refractivity contribution in [2.45, 2.75) is 6.18 Å². The maximum absolute atomic E-state index is 13.0. The molecule has 0 radical (unpaired) electrons. The third kappa shape index (κ3) is 3.49. The number of piperazine rings is 1. The highest BCUT2D eigenvalue weighted by Crippen LogP contribution is 2.37. The molecule has 1 saturated heterocycles. The average Bonchev–Trinajstić information content (AvgIpc) is 3.02. The summed E-state index contributed by atoms with van der Waals surface area (Å²) in [6.45, 7) is 2.83. The number of benzene rings is 2. The summed E-state index contributed by atoms with van der Waals surface area (Å²) in [4.78, 5) is 22.7. The average molecular weight is 447 g/mol. The highest BCUT2D eigenvalue weighted by molar-refractivity contribution is 6.33. The molecule has 3 aromatic rings. The Morgan fingerprint density at radius 2 is 1.74 bits per heavy atom. The van der Waals surface area contributed by atoms with E-state index in [1.165, 1.54) is 0 Å². The Bertz CT molecular complexity index is 1170. The number of aromatic nitrogens is 1. The Morgan fingerprint density at radius 1 is 1.03 bits per heavy atom. The van der Waals surface area contributed by atoms with E-state index in [0.29, 0.717) is 44.2 Å². The highest BCUT2D eigenvalue weighted by atomic mass is 35.5. The Morgan fingerprint density at radius 3 is 2.42 bits per heavy atom. The first-order valence-electron chi connectivity index (χ1n) is 9.86. The van der Waals surface area contributed by atoms with Gasteiger partial charge in [0.2, 0.25) is 0 Å². The molecule has 5 nitrogen and oxygen atoms in total. The van der Waals surface area contributed by atoms with E-state index in [1.807, 2.05) is 41.3 Å². The van der Waals surface area contributed by atoms with Crippen LogP contribution in [0.25, 0.3) is 10.8 Å². The summed E-state index contributed by atoms with van der Waals surface area (Å²) in [6.07, 6.45) is -3.66. The van der Waals surface area contributed by atoms with Crippen molar-refractivity contribution in [1.82, 2.24) is 9.88 Å². The minimum atomic E-state index is -4.48. The van der Waals surface area contributed by atoms with Gasteiger partial charge in [-0.2, -0.15) is 13.2 Å². The summed E-state index contributed by atoms with van der Waals surface area (Å²) in [5.41, 5.74) is 0.765. The fraction of sp³-hybridized carbons (Fsp3) is 0.273. The lowest BCUT2D eigenvalue weighted by molar-refractivity contribution is -0.137. The first kappa shape index (κ1) is 20.1. The molecule has 1 fully saturated rings. The number of hydrogen-bond donors (Lipinski definition) is 0. The second-order valence-electron chi connectivity index (χ2n) is 7.69. The van der Waals surface area contributed by atoms with Crippen molar-refractivity contribution in [3.63, 3.8) is 0 Å². The van der Waals surface area contributed by atoms with Crippen LogP contribution in [0.15, 0.2) is 48.7 Å². The molecule has 160 valence electrons. The topological polar surface area (TPSA) is 39.7 Å². The minimum Gasteiger partial charge on any atom is -0.353 e. The predicted molar refractivity (Wildman–Crippen MR) is 114 cm³/mol. The maximum Gasteiger partial charge on any atom is 0.417 e. The number of rotatable bonds is 3. The van der Waals surface area contributed by atoms with Crippen LogP contribution in [0.3, 0.4) is 0 Å². The number of carbonyl (C=O) groups is 1. The van der Waals surface area contributed by atoms with Gasteiger partial charge in [0.05, 0.1) is 22.9 Å². The number of carbonyl (C=O) groups excluding carboxylic acids is 1. The number of hydrogen-bond acceptors (Lipinski definition) is 4. The molecule has 0 atom stereocenters. The fourth-order valence-electron chi connectivity index (χ4n) is 4.24. The van der Waals surface area contributed by atoms with Crippen molar-refractivity contribution in [2.24, 2.45) is 0 Å². The molecule has 9 heteroatoms. The summed E-state index contributed by atoms with van der Waals surface area (Å²) in [5, 5.41) is 2.01. The molecule has 31 heavy (non-hydrogen) atoms. The van der Waals surface area contributed by atoms with Gasteiger partial charge in [0.1, 0.15) is 5.82 Å². The highest BCUT2D eigenvalue weighted by Gasteiger charge is 2.33. The third-order valence-electron chi connectivity index (χ3n) is 5.81. The Labute approximate surface area is 181 Å². The molecule has 2 aliphatic heterocycles. The van der Waals surface area contributed by atoms with Gasteiger partial charge in [0, 0.05) is 43.3 Å². The van der Waals surface area contributed by atoms with Gasteiger partial charge in [0.25, 0.3) is 5.91 Å². The summed E-state index contributed by atoms with van der Waals surface area (Å²) >= 11 is 6.09. The molecule has 1 aromatic heterocycles. The first-order valence-corrected chi connectivity index (χ1v) is 10.2. The molecular formula is C22H18ClF3N4O. The van der Waals surface area contributed by atoms with Gasteiger partial charge in [-0.3, -0.25) is 14.6 Å². The van der Waals surface area contributed by atoms with Crippen LogP contribution in [-0.4, -0.2) is 48.6 Å². The van der Waals surface area contributed by atoms with E-state index in [2.05, 4.69) is 9.88 Å². The Balaban J connectivity index is 1.28. The molecule has 0 saturated carbocycles. The Kier molecular flexibility index (Phi) is 4.79. The lowest BCUT2D eigenvalue weighted by Gasteiger charge is -2.37. The third-order valence-corrected chi connectivity index (χ3v) is 6.09. The zero-order chi connectivity index (χ0) is 21.8. The lowest BCUT2D eigenvalue weighted by Crippen LogP contribution is -2.51. The number of amides is 1. The molecule has 3 heterocycles. The van der Waals surface area contributed by atoms with Gasteiger partial charge in [-0.25, -0.2) is 4.98 Å². The summed E-state index contributed by atoms with van der Waals surface area (Å²) in [5.74, 6) is 0.338. The minimum absolute atomic E-state index is 0.0123. The van der Waals surface area contributed by atoms with E-state index >= 15 is 0 Å². The zero-order valence-electron chi connectivity index (χ0n) is 16.4. The van der Waals surface area contributed by atoms with Crippen LogP contribution in [0.2, 0.25) is 5.02 Å². The van der Waals surface area contributed by atoms with E-state index in [-0.39, 0.29) is 10.9 Å². The second kappa shape index (κ2) is 7.39. The SMILES string of the molecule is O=C1c2cccc3cccc(c23)N1CN1CCN(c2ncc(C(F)(F)F)cc2Cl)CC1. The van der Waals surface area contributed by atoms with Crippen LogP contribution in [0.4, 0.5) is 24.7 Å². The molecule has 1 amide bonds. The van der Waals surface area contributed by atoms with Crippen molar-refractivity contribution in [2.75, 3.05) is 42.6 Å². The van der Waals surface area contributed by atoms with Crippen LogP contribution in [-0.2, 0) is 6.18 Å². The number of nitrogens with zero attached hydrogens (tertiary/aromatic N) is 4. The quantitative estimate of drug-likeness (QED) is 0.587. The normalized spacial score (nSPS) is 17.1. The van der Waals surface area contributed by atoms with Crippen LogP contribution in [0, 0.1) is 0 Å². The predicted octanol–water partition coefficient (Wildman–Crippen LogP) is 4.65. The van der Waals surface area contributed by atoms with Gasteiger partial charge >= 0.3 is 6.18 Å². The number of halogens is 4. The van der Waals surface area contributed by atoms with E-state index in [1.54, 1.807) is 4.90 Å². The monoisotopic (exact) mass is 446 g/mol.